The topological polar surface area (TPSA) is 73.9 Å². The van der Waals surface area contributed by atoms with Crippen molar-refractivity contribution in [1.82, 2.24) is 4.90 Å². The highest BCUT2D eigenvalue weighted by Crippen LogP contribution is 2.27. The first-order valence-corrected chi connectivity index (χ1v) is 6.74. The van der Waals surface area contributed by atoms with Crippen molar-refractivity contribution in [2.45, 2.75) is 19.9 Å². The van der Waals surface area contributed by atoms with E-state index < -0.39 is 5.97 Å². The summed E-state index contributed by atoms with van der Waals surface area (Å²) in [5.74, 6) is -1.07. The number of nitrogens with zero attached hydrogens (tertiary/aromatic N) is 1. The molecule has 0 radical (unpaired) electrons. The largest absolute Gasteiger partial charge is 0.475 e. The number of aliphatic hydroxyl groups excluding tert-OH is 1. The molecule has 0 unspecified atom stereocenters. The van der Waals surface area contributed by atoms with Gasteiger partial charge in [-0.25, -0.2) is 4.79 Å². The molecule has 0 aliphatic carbocycles. The van der Waals surface area contributed by atoms with Gasteiger partial charge in [0.05, 0.1) is 6.61 Å². The molecule has 5 heteroatoms. The Morgan fingerprint density at radius 1 is 1.30 bits per heavy atom. The van der Waals surface area contributed by atoms with Gasteiger partial charge in [0.1, 0.15) is 5.58 Å². The average Bonchev–Trinajstić information content (AvgIpc) is 2.79. The average molecular weight is 277 g/mol. The van der Waals surface area contributed by atoms with E-state index in [9.17, 15) is 9.90 Å². The molecule has 2 N–H and O–H groups in total. The number of carboxylic acid groups (broad SMARTS) is 1. The van der Waals surface area contributed by atoms with Gasteiger partial charge in [-0.3, -0.25) is 4.90 Å². The molecular weight excluding hydrogens is 258 g/mol. The lowest BCUT2D eigenvalue weighted by Gasteiger charge is -2.20. The number of hydrogen-bond acceptors (Lipinski definition) is 4. The van der Waals surface area contributed by atoms with E-state index >= 15 is 0 Å². The fourth-order valence-electron chi connectivity index (χ4n) is 2.38. The zero-order valence-corrected chi connectivity index (χ0v) is 11.5. The second kappa shape index (κ2) is 6.54. The molecule has 108 valence electrons. The predicted octanol–water partition coefficient (Wildman–Crippen LogP) is 2.34. The Kier molecular flexibility index (Phi) is 4.76. The molecule has 5 nitrogen and oxygen atoms in total. The third-order valence-electron chi connectivity index (χ3n) is 3.23. The molecule has 0 bridgehead atoms. The molecular formula is C15H19NO4. The fraction of sp³-hybridized carbons (Fsp3) is 0.400. The summed E-state index contributed by atoms with van der Waals surface area (Å²) in [6.07, 6.45) is 0.943. The van der Waals surface area contributed by atoms with Crippen molar-refractivity contribution in [2.75, 3.05) is 19.7 Å². The van der Waals surface area contributed by atoms with Gasteiger partial charge in [-0.1, -0.05) is 25.1 Å². The molecule has 0 saturated heterocycles. The van der Waals surface area contributed by atoms with Crippen LogP contribution in [0.3, 0.4) is 0 Å². The van der Waals surface area contributed by atoms with E-state index in [1.807, 2.05) is 23.1 Å². The van der Waals surface area contributed by atoms with Gasteiger partial charge < -0.3 is 14.6 Å². The highest BCUT2D eigenvalue weighted by atomic mass is 16.4. The van der Waals surface area contributed by atoms with E-state index in [2.05, 4.69) is 6.92 Å². The number of carbonyl (C=O) groups is 1. The highest BCUT2D eigenvalue weighted by Gasteiger charge is 2.21. The zero-order valence-electron chi connectivity index (χ0n) is 11.5. The minimum Gasteiger partial charge on any atom is -0.475 e. The van der Waals surface area contributed by atoms with Gasteiger partial charge in [-0.05, 0) is 19.0 Å². The van der Waals surface area contributed by atoms with E-state index in [0.29, 0.717) is 24.2 Å². The van der Waals surface area contributed by atoms with Crippen LogP contribution in [0.15, 0.2) is 28.7 Å². The summed E-state index contributed by atoms with van der Waals surface area (Å²) in [5, 5.41) is 19.2. The molecule has 1 heterocycles. The lowest BCUT2D eigenvalue weighted by atomic mass is 10.1. The SMILES string of the molecule is CCCN(CCO)Cc1c(C(=O)O)oc2ccccc12. The van der Waals surface area contributed by atoms with E-state index in [4.69, 9.17) is 9.52 Å². The minimum atomic E-state index is -1.06. The summed E-state index contributed by atoms with van der Waals surface area (Å²) in [7, 11) is 0. The monoisotopic (exact) mass is 277 g/mol. The first-order valence-electron chi connectivity index (χ1n) is 6.74. The fourth-order valence-corrected chi connectivity index (χ4v) is 2.38. The first-order chi connectivity index (χ1) is 9.67. The number of rotatable bonds is 7. The summed E-state index contributed by atoms with van der Waals surface area (Å²) in [6.45, 7) is 3.90. The maximum Gasteiger partial charge on any atom is 0.372 e. The molecule has 1 aromatic heterocycles. The van der Waals surface area contributed by atoms with Crippen molar-refractivity contribution in [2.24, 2.45) is 0 Å². The van der Waals surface area contributed by atoms with Crippen LogP contribution in [0, 0.1) is 0 Å². The van der Waals surface area contributed by atoms with Crippen molar-refractivity contribution in [3.8, 4) is 0 Å². The second-order valence-electron chi connectivity index (χ2n) is 4.71. The van der Waals surface area contributed by atoms with E-state index in [1.54, 1.807) is 6.07 Å². The molecule has 2 rings (SSSR count). The summed E-state index contributed by atoms with van der Waals surface area (Å²) in [6, 6.07) is 7.31. The Hall–Kier alpha value is -1.85. The predicted molar refractivity (Wildman–Crippen MR) is 75.8 cm³/mol. The number of benzene rings is 1. The number of aromatic carboxylic acids is 1. The van der Waals surface area contributed by atoms with Crippen LogP contribution >= 0.6 is 0 Å². The molecule has 0 atom stereocenters. The smallest absolute Gasteiger partial charge is 0.372 e. The van der Waals surface area contributed by atoms with Gasteiger partial charge in [0.25, 0.3) is 0 Å². The van der Waals surface area contributed by atoms with Crippen LogP contribution in [0.4, 0.5) is 0 Å². The van der Waals surface area contributed by atoms with Gasteiger partial charge in [-0.2, -0.15) is 0 Å². The third-order valence-corrected chi connectivity index (χ3v) is 3.23. The summed E-state index contributed by atoms with van der Waals surface area (Å²) in [5.41, 5.74) is 1.26. The van der Waals surface area contributed by atoms with Gasteiger partial charge >= 0.3 is 5.97 Å². The molecule has 1 aromatic carbocycles. The highest BCUT2D eigenvalue weighted by molar-refractivity contribution is 5.95. The second-order valence-corrected chi connectivity index (χ2v) is 4.71. The van der Waals surface area contributed by atoms with Crippen LogP contribution in [-0.2, 0) is 6.54 Å². The molecule has 0 aliphatic heterocycles. The number of para-hydroxylation sites is 1. The Labute approximate surface area is 117 Å². The van der Waals surface area contributed by atoms with Crippen molar-refractivity contribution in [1.29, 1.82) is 0 Å². The van der Waals surface area contributed by atoms with Crippen LogP contribution in [0.25, 0.3) is 11.0 Å². The van der Waals surface area contributed by atoms with Crippen molar-refractivity contribution >= 4 is 16.9 Å². The van der Waals surface area contributed by atoms with Crippen LogP contribution < -0.4 is 0 Å². The molecule has 0 spiro atoms. The first kappa shape index (κ1) is 14.6. The molecule has 20 heavy (non-hydrogen) atoms. The van der Waals surface area contributed by atoms with Gasteiger partial charge in [0, 0.05) is 24.0 Å². The van der Waals surface area contributed by atoms with E-state index in [-0.39, 0.29) is 12.4 Å². The summed E-state index contributed by atoms with van der Waals surface area (Å²) < 4.78 is 5.43. The molecule has 2 aromatic rings. The number of carboxylic acids is 1. The normalized spacial score (nSPS) is 11.3. The Bertz CT molecular complexity index is 585. The number of furan rings is 1. The number of aliphatic hydroxyl groups is 1. The summed E-state index contributed by atoms with van der Waals surface area (Å²) in [4.78, 5) is 13.4. The Balaban J connectivity index is 2.39. The van der Waals surface area contributed by atoms with Gasteiger partial charge in [0.2, 0.25) is 5.76 Å². The van der Waals surface area contributed by atoms with Crippen LogP contribution in [-0.4, -0.2) is 40.8 Å². The lowest BCUT2D eigenvalue weighted by Crippen LogP contribution is -2.27. The zero-order chi connectivity index (χ0) is 14.5. The van der Waals surface area contributed by atoms with Crippen molar-refractivity contribution < 1.29 is 19.4 Å². The van der Waals surface area contributed by atoms with Crippen LogP contribution in [0.2, 0.25) is 0 Å². The third kappa shape index (κ3) is 3.00. The minimum absolute atomic E-state index is 0.00903. The van der Waals surface area contributed by atoms with Crippen LogP contribution in [0.1, 0.15) is 29.5 Å². The van der Waals surface area contributed by atoms with E-state index in [0.717, 1.165) is 18.4 Å². The number of hydrogen-bond donors (Lipinski definition) is 2. The van der Waals surface area contributed by atoms with Crippen molar-refractivity contribution in [3.05, 3.63) is 35.6 Å². The quantitative estimate of drug-likeness (QED) is 0.812. The molecule has 0 saturated carbocycles. The maximum atomic E-state index is 11.3. The van der Waals surface area contributed by atoms with Gasteiger partial charge in [-0.15, -0.1) is 0 Å². The van der Waals surface area contributed by atoms with Crippen LogP contribution in [0.5, 0.6) is 0 Å². The Morgan fingerprint density at radius 3 is 2.70 bits per heavy atom. The molecule has 0 fully saturated rings. The maximum absolute atomic E-state index is 11.3. The molecule has 0 amide bonds. The van der Waals surface area contributed by atoms with Crippen molar-refractivity contribution in [3.63, 3.8) is 0 Å². The van der Waals surface area contributed by atoms with E-state index in [1.165, 1.54) is 0 Å². The molecule has 0 aliphatic rings. The Morgan fingerprint density at radius 2 is 2.05 bits per heavy atom. The van der Waals surface area contributed by atoms with Gasteiger partial charge in [0.15, 0.2) is 0 Å². The lowest BCUT2D eigenvalue weighted by molar-refractivity contribution is 0.0661. The summed E-state index contributed by atoms with van der Waals surface area (Å²) >= 11 is 0. The number of fused-ring (bicyclic) bond motifs is 1. The standard InChI is InChI=1S/C15H19NO4/c1-2-7-16(8-9-17)10-12-11-5-3-4-6-13(11)20-14(12)15(18)19/h3-6,17H,2,7-10H2,1H3,(H,18,19).